The molecule has 0 saturated heterocycles. The first kappa shape index (κ1) is 27.0. The van der Waals surface area contributed by atoms with Crippen molar-refractivity contribution in [3.8, 4) is 0 Å². The number of hydrogen-bond acceptors (Lipinski definition) is 5. The Balaban J connectivity index is 0.000000655. The van der Waals surface area contributed by atoms with Crippen molar-refractivity contribution < 1.29 is 4.79 Å². The van der Waals surface area contributed by atoms with Crippen LogP contribution in [0.3, 0.4) is 0 Å². The zero-order chi connectivity index (χ0) is 26.3. The highest BCUT2D eigenvalue weighted by Gasteiger charge is 2.54. The van der Waals surface area contributed by atoms with Gasteiger partial charge in [0.1, 0.15) is 0 Å². The Hall–Kier alpha value is -1.60. The Labute approximate surface area is 237 Å². The minimum Gasteiger partial charge on any atom is -0.364 e. The standard InChI is InChI=1S/C26H30ClN5O.CHCl3/c1-15(2)32-14-29-21-23(30-25(27)31-24(21)32)28-13-16-3-5-20(6-4-16)22(33)26-10-17-7-18(11-26)9-19(8-17)12-26;2-1(3)4/h3-6,14-15,17-19H,7-13H2,1-2H3,(H,28,30,31);1H. The molecule has 198 valence electrons. The second kappa shape index (κ2) is 10.9. The monoisotopic (exact) mass is 581 g/mol. The van der Waals surface area contributed by atoms with Crippen molar-refractivity contribution in [1.82, 2.24) is 19.5 Å². The number of aromatic nitrogens is 4. The first-order chi connectivity index (χ1) is 17.6. The summed E-state index contributed by atoms with van der Waals surface area (Å²) in [5.41, 5.74) is 3.30. The van der Waals surface area contributed by atoms with Crippen LogP contribution in [0, 0.1) is 23.2 Å². The fourth-order valence-corrected chi connectivity index (χ4v) is 7.21. The number of carbonyl (C=O) groups is 1. The van der Waals surface area contributed by atoms with Gasteiger partial charge in [0, 0.05) is 23.6 Å². The Morgan fingerprint density at radius 2 is 1.59 bits per heavy atom. The SMILES string of the molecule is CC(C)n1cnc2c(NCc3ccc(C(=O)C45CC6CC(CC(C6)C4)C5)cc3)nc(Cl)nc21.ClC(Cl)Cl. The highest BCUT2D eigenvalue weighted by atomic mass is 35.6. The van der Waals surface area contributed by atoms with Crippen LogP contribution in [0.2, 0.25) is 5.28 Å². The molecule has 4 fully saturated rings. The summed E-state index contributed by atoms with van der Waals surface area (Å²) in [6, 6.07) is 8.34. The van der Waals surface area contributed by atoms with E-state index in [0.717, 1.165) is 53.8 Å². The Morgan fingerprint density at radius 1 is 1.03 bits per heavy atom. The van der Waals surface area contributed by atoms with Gasteiger partial charge in [-0.3, -0.25) is 4.79 Å². The topological polar surface area (TPSA) is 72.7 Å². The van der Waals surface area contributed by atoms with Gasteiger partial charge in [0.15, 0.2) is 27.1 Å². The predicted octanol–water partition coefficient (Wildman–Crippen LogP) is 8.06. The number of benzene rings is 1. The molecule has 4 aliphatic carbocycles. The molecule has 4 bridgehead atoms. The molecule has 4 saturated carbocycles. The van der Waals surface area contributed by atoms with Crippen LogP contribution in [-0.2, 0) is 6.54 Å². The molecule has 0 amide bonds. The highest BCUT2D eigenvalue weighted by Crippen LogP contribution is 2.60. The maximum Gasteiger partial charge on any atom is 0.226 e. The molecule has 1 N–H and O–H groups in total. The zero-order valence-electron chi connectivity index (χ0n) is 20.9. The third-order valence-corrected chi connectivity index (χ3v) is 8.32. The molecular weight excluding hydrogens is 552 g/mol. The van der Waals surface area contributed by atoms with E-state index in [1.54, 1.807) is 6.33 Å². The number of nitrogens with zero attached hydrogens (tertiary/aromatic N) is 4. The Bertz CT molecular complexity index is 1240. The zero-order valence-corrected chi connectivity index (χ0v) is 24.0. The molecule has 2 aromatic heterocycles. The molecule has 3 aromatic rings. The summed E-state index contributed by atoms with van der Waals surface area (Å²) in [4.78, 5) is 26.8. The van der Waals surface area contributed by atoms with Gasteiger partial charge < -0.3 is 9.88 Å². The quantitative estimate of drug-likeness (QED) is 0.181. The maximum atomic E-state index is 13.6. The number of alkyl halides is 3. The first-order valence-electron chi connectivity index (χ1n) is 12.8. The van der Waals surface area contributed by atoms with Crippen LogP contribution in [-0.4, -0.2) is 29.6 Å². The van der Waals surface area contributed by atoms with Crippen LogP contribution < -0.4 is 5.32 Å². The predicted molar refractivity (Wildman–Crippen MR) is 151 cm³/mol. The lowest BCUT2D eigenvalue weighted by Gasteiger charge is -2.56. The molecule has 37 heavy (non-hydrogen) atoms. The third-order valence-electron chi connectivity index (χ3n) is 8.15. The van der Waals surface area contributed by atoms with Crippen LogP contribution in [0.15, 0.2) is 30.6 Å². The van der Waals surface area contributed by atoms with E-state index < -0.39 is 4.30 Å². The van der Waals surface area contributed by atoms with Crippen molar-refractivity contribution in [3.63, 3.8) is 0 Å². The maximum absolute atomic E-state index is 13.6. The average Bonchev–Trinajstić information content (AvgIpc) is 3.25. The number of fused-ring (bicyclic) bond motifs is 1. The van der Waals surface area contributed by atoms with E-state index in [9.17, 15) is 4.79 Å². The molecular formula is C27H31Cl4N5O. The second-order valence-corrected chi connectivity index (χ2v) is 13.4. The van der Waals surface area contributed by atoms with E-state index in [0.29, 0.717) is 23.7 Å². The van der Waals surface area contributed by atoms with Crippen LogP contribution in [0.1, 0.15) is 74.3 Å². The average molecular weight is 583 g/mol. The van der Waals surface area contributed by atoms with E-state index in [1.807, 2.05) is 28.8 Å². The van der Waals surface area contributed by atoms with Crippen molar-refractivity contribution in [1.29, 1.82) is 0 Å². The fraction of sp³-hybridized carbons (Fsp3) is 0.556. The summed E-state index contributed by atoms with van der Waals surface area (Å²) in [5, 5.41) is 3.56. The van der Waals surface area contributed by atoms with E-state index in [-0.39, 0.29) is 16.7 Å². The lowest BCUT2D eigenvalue weighted by molar-refractivity contribution is -0.0353. The van der Waals surface area contributed by atoms with Crippen molar-refractivity contribution in [2.24, 2.45) is 23.2 Å². The molecule has 0 atom stereocenters. The molecule has 0 aliphatic heterocycles. The molecule has 10 heteroatoms. The van der Waals surface area contributed by atoms with Gasteiger partial charge in [-0.25, -0.2) is 4.98 Å². The van der Waals surface area contributed by atoms with Gasteiger partial charge in [-0.1, -0.05) is 59.1 Å². The van der Waals surface area contributed by atoms with Gasteiger partial charge in [0.2, 0.25) is 5.28 Å². The normalized spacial score (nSPS) is 26.0. The molecule has 0 unspecified atom stereocenters. The minimum atomic E-state index is -0.750. The molecule has 1 aromatic carbocycles. The first-order valence-corrected chi connectivity index (χ1v) is 14.5. The second-order valence-electron chi connectivity index (χ2n) is 11.1. The van der Waals surface area contributed by atoms with Crippen LogP contribution in [0.25, 0.3) is 11.2 Å². The van der Waals surface area contributed by atoms with E-state index in [4.69, 9.17) is 46.4 Å². The number of Topliss-reactive ketones (excluding diaryl/α,β-unsaturated/α-hetero) is 1. The number of imidazole rings is 1. The van der Waals surface area contributed by atoms with Crippen molar-refractivity contribution >= 4 is 69.2 Å². The molecule has 4 aliphatic rings. The number of halogens is 4. The van der Waals surface area contributed by atoms with E-state index in [1.165, 1.54) is 19.3 Å². The van der Waals surface area contributed by atoms with Crippen LogP contribution >= 0.6 is 46.4 Å². The van der Waals surface area contributed by atoms with E-state index >= 15 is 0 Å². The van der Waals surface area contributed by atoms with Crippen LogP contribution in [0.4, 0.5) is 5.82 Å². The lowest BCUT2D eigenvalue weighted by atomic mass is 9.48. The minimum absolute atomic E-state index is 0.0902. The van der Waals surface area contributed by atoms with Gasteiger partial charge in [0.25, 0.3) is 0 Å². The summed E-state index contributed by atoms with van der Waals surface area (Å²) in [6.07, 6.45) is 9.15. The summed E-state index contributed by atoms with van der Waals surface area (Å²) in [5.74, 6) is 3.33. The van der Waals surface area contributed by atoms with Gasteiger partial charge >= 0.3 is 0 Å². The van der Waals surface area contributed by atoms with Crippen molar-refractivity contribution in [2.45, 2.75) is 69.3 Å². The largest absolute Gasteiger partial charge is 0.364 e. The van der Waals surface area contributed by atoms with Crippen molar-refractivity contribution in [2.75, 3.05) is 5.32 Å². The third kappa shape index (κ3) is 5.73. The fourth-order valence-electron chi connectivity index (χ4n) is 7.05. The number of hydrogen-bond donors (Lipinski definition) is 1. The van der Waals surface area contributed by atoms with Gasteiger partial charge in [-0.05, 0) is 87.3 Å². The molecule has 7 rings (SSSR count). The number of anilines is 1. The molecule has 0 spiro atoms. The number of carbonyl (C=O) groups excluding carboxylic acids is 1. The Morgan fingerprint density at radius 3 is 2.14 bits per heavy atom. The summed E-state index contributed by atoms with van der Waals surface area (Å²) >= 11 is 20.6. The summed E-state index contributed by atoms with van der Waals surface area (Å²) in [6.45, 7) is 4.73. The van der Waals surface area contributed by atoms with Gasteiger partial charge in [-0.15, -0.1) is 0 Å². The van der Waals surface area contributed by atoms with Crippen LogP contribution in [0.5, 0.6) is 0 Å². The Kier molecular flexibility index (Phi) is 7.93. The van der Waals surface area contributed by atoms with E-state index in [2.05, 4.69) is 34.1 Å². The van der Waals surface area contributed by atoms with Gasteiger partial charge in [0.05, 0.1) is 6.33 Å². The highest BCUT2D eigenvalue weighted by molar-refractivity contribution is 6.63. The number of nitrogens with one attached hydrogen (secondary N) is 1. The molecule has 2 heterocycles. The number of ketones is 1. The summed E-state index contributed by atoms with van der Waals surface area (Å²) < 4.78 is 1.24. The van der Waals surface area contributed by atoms with Crippen molar-refractivity contribution in [3.05, 3.63) is 47.0 Å². The number of rotatable bonds is 6. The molecule has 6 nitrogen and oxygen atoms in total. The van der Waals surface area contributed by atoms with Gasteiger partial charge in [-0.2, -0.15) is 9.97 Å². The summed E-state index contributed by atoms with van der Waals surface area (Å²) in [7, 11) is 0. The smallest absolute Gasteiger partial charge is 0.226 e. The lowest BCUT2D eigenvalue weighted by Crippen LogP contribution is -2.50. The molecule has 0 radical (unpaired) electrons.